The van der Waals surface area contributed by atoms with Gasteiger partial charge in [0.15, 0.2) is 0 Å². The van der Waals surface area contributed by atoms with Gasteiger partial charge in [-0.05, 0) is 28.1 Å². The zero-order chi connectivity index (χ0) is 13.2. The number of phenols is 1. The number of nitrogens with zero attached hydrogens (tertiary/aromatic N) is 1. The molecular weight excluding hydrogens is 298 g/mol. The molecule has 0 bridgehead atoms. The average Bonchev–Trinajstić information content (AvgIpc) is 2.31. The summed E-state index contributed by atoms with van der Waals surface area (Å²) in [5.74, 6) is -4.05. The normalized spacial score (nSPS) is 13.2. The molecular formula is C10H9BrF2N2O2. The molecule has 7 heteroatoms. The van der Waals surface area contributed by atoms with Crippen molar-refractivity contribution in [2.24, 2.45) is 5.73 Å². The van der Waals surface area contributed by atoms with Crippen LogP contribution in [0.5, 0.6) is 5.75 Å². The smallest absolute Gasteiger partial charge is 0.289 e. The lowest BCUT2D eigenvalue weighted by Crippen LogP contribution is -2.36. The van der Waals surface area contributed by atoms with Crippen LogP contribution in [0, 0.1) is 11.3 Å². The van der Waals surface area contributed by atoms with Crippen LogP contribution in [-0.4, -0.2) is 22.7 Å². The Balaban J connectivity index is 3.32. The summed E-state index contributed by atoms with van der Waals surface area (Å²) in [5, 5.41) is 26.8. The molecule has 0 aliphatic carbocycles. The first-order chi connectivity index (χ1) is 7.83. The molecule has 1 atom stereocenters. The first-order valence-electron chi connectivity index (χ1n) is 4.50. The van der Waals surface area contributed by atoms with Gasteiger partial charge in [-0.2, -0.15) is 5.26 Å². The Morgan fingerprint density at radius 2 is 2.12 bits per heavy atom. The minimum Gasteiger partial charge on any atom is -0.506 e. The van der Waals surface area contributed by atoms with Crippen molar-refractivity contribution in [2.45, 2.75) is 12.0 Å². The second-order valence-corrected chi connectivity index (χ2v) is 4.26. The average molecular weight is 307 g/mol. The number of rotatable bonds is 3. The number of halogens is 3. The molecule has 0 heterocycles. The standard InChI is InChI=1S/C10H9BrF2N2O2/c11-7-2-5(3-14)1-6(8(7)17)9(15)10(12,13)4-16/h1-2,9,16-17H,4,15H2/t9-/m0/s1. The van der Waals surface area contributed by atoms with Crippen LogP contribution in [0.15, 0.2) is 16.6 Å². The number of benzene rings is 1. The fourth-order valence-electron chi connectivity index (χ4n) is 1.25. The number of aliphatic hydroxyl groups is 1. The first kappa shape index (κ1) is 13.8. The topological polar surface area (TPSA) is 90.3 Å². The van der Waals surface area contributed by atoms with Crippen molar-refractivity contribution in [3.05, 3.63) is 27.7 Å². The number of hydrogen-bond donors (Lipinski definition) is 3. The van der Waals surface area contributed by atoms with Gasteiger partial charge in [-0.25, -0.2) is 8.78 Å². The van der Waals surface area contributed by atoms with E-state index < -0.39 is 24.3 Å². The van der Waals surface area contributed by atoms with E-state index in [2.05, 4.69) is 15.9 Å². The van der Waals surface area contributed by atoms with Gasteiger partial charge in [-0.1, -0.05) is 0 Å². The predicted molar refractivity (Wildman–Crippen MR) is 59.5 cm³/mol. The predicted octanol–water partition coefficient (Wildman–Crippen LogP) is 1.65. The SMILES string of the molecule is N#Cc1cc(Br)c(O)c([C@H](N)C(F)(F)CO)c1. The van der Waals surface area contributed by atoms with Crippen molar-refractivity contribution < 1.29 is 19.0 Å². The van der Waals surface area contributed by atoms with Gasteiger partial charge in [0, 0.05) is 5.56 Å². The number of aromatic hydroxyl groups is 1. The Kier molecular flexibility index (Phi) is 4.03. The van der Waals surface area contributed by atoms with Gasteiger partial charge < -0.3 is 15.9 Å². The molecule has 0 amide bonds. The van der Waals surface area contributed by atoms with Gasteiger partial charge in [-0.3, -0.25) is 0 Å². The number of aliphatic hydroxyl groups excluding tert-OH is 1. The van der Waals surface area contributed by atoms with Crippen molar-refractivity contribution in [3.8, 4) is 11.8 Å². The van der Waals surface area contributed by atoms with Crippen molar-refractivity contribution in [1.29, 1.82) is 5.26 Å². The summed E-state index contributed by atoms with van der Waals surface area (Å²) in [5.41, 5.74) is 5.06. The Hall–Kier alpha value is -1.23. The molecule has 1 aromatic carbocycles. The molecule has 92 valence electrons. The van der Waals surface area contributed by atoms with E-state index in [9.17, 15) is 13.9 Å². The maximum Gasteiger partial charge on any atom is 0.289 e. The van der Waals surface area contributed by atoms with E-state index in [1.165, 1.54) is 6.07 Å². The molecule has 17 heavy (non-hydrogen) atoms. The highest BCUT2D eigenvalue weighted by atomic mass is 79.9. The van der Waals surface area contributed by atoms with E-state index >= 15 is 0 Å². The molecule has 4 N–H and O–H groups in total. The lowest BCUT2D eigenvalue weighted by atomic mass is 9.99. The van der Waals surface area contributed by atoms with Crippen LogP contribution in [-0.2, 0) is 0 Å². The first-order valence-corrected chi connectivity index (χ1v) is 5.29. The van der Waals surface area contributed by atoms with Crippen LogP contribution >= 0.6 is 15.9 Å². The number of nitriles is 1. The fraction of sp³-hybridized carbons (Fsp3) is 0.300. The summed E-state index contributed by atoms with van der Waals surface area (Å²) in [6.07, 6.45) is 0. The van der Waals surface area contributed by atoms with Crippen LogP contribution in [0.25, 0.3) is 0 Å². The summed E-state index contributed by atoms with van der Waals surface area (Å²) in [6.45, 7) is -1.44. The third-order valence-electron chi connectivity index (χ3n) is 2.22. The Morgan fingerprint density at radius 1 is 1.53 bits per heavy atom. The van der Waals surface area contributed by atoms with E-state index in [-0.39, 0.29) is 15.6 Å². The third kappa shape index (κ3) is 2.72. The summed E-state index contributed by atoms with van der Waals surface area (Å²) in [7, 11) is 0. The van der Waals surface area contributed by atoms with E-state index in [4.69, 9.17) is 16.1 Å². The molecule has 0 unspecified atom stereocenters. The van der Waals surface area contributed by atoms with Gasteiger partial charge in [0.1, 0.15) is 18.4 Å². The van der Waals surface area contributed by atoms with Crippen LogP contribution in [0.4, 0.5) is 8.78 Å². The quantitative estimate of drug-likeness (QED) is 0.792. The van der Waals surface area contributed by atoms with Crippen LogP contribution in [0.3, 0.4) is 0 Å². The summed E-state index contributed by atoms with van der Waals surface area (Å²) in [4.78, 5) is 0. The Morgan fingerprint density at radius 3 is 2.59 bits per heavy atom. The van der Waals surface area contributed by atoms with E-state index in [0.29, 0.717) is 0 Å². The highest BCUT2D eigenvalue weighted by Gasteiger charge is 2.39. The van der Waals surface area contributed by atoms with E-state index in [0.717, 1.165) is 6.07 Å². The van der Waals surface area contributed by atoms with Crippen molar-refractivity contribution in [2.75, 3.05) is 6.61 Å². The number of phenolic OH excluding ortho intramolecular Hbond substituents is 1. The maximum absolute atomic E-state index is 13.2. The molecule has 4 nitrogen and oxygen atoms in total. The monoisotopic (exact) mass is 306 g/mol. The second-order valence-electron chi connectivity index (χ2n) is 3.40. The van der Waals surface area contributed by atoms with Crippen LogP contribution < -0.4 is 5.73 Å². The van der Waals surface area contributed by atoms with Gasteiger partial charge >= 0.3 is 0 Å². The van der Waals surface area contributed by atoms with Crippen LogP contribution in [0.1, 0.15) is 17.2 Å². The third-order valence-corrected chi connectivity index (χ3v) is 2.83. The molecule has 0 fully saturated rings. The Labute approximate surface area is 104 Å². The van der Waals surface area contributed by atoms with Gasteiger partial charge in [0.25, 0.3) is 5.92 Å². The van der Waals surface area contributed by atoms with E-state index in [1.807, 2.05) is 0 Å². The highest BCUT2D eigenvalue weighted by Crippen LogP contribution is 2.38. The summed E-state index contributed by atoms with van der Waals surface area (Å²) in [6, 6.07) is 2.21. The van der Waals surface area contributed by atoms with E-state index in [1.54, 1.807) is 6.07 Å². The molecule has 1 rings (SSSR count). The Bertz CT molecular complexity index is 474. The molecule has 0 spiro atoms. The zero-order valence-corrected chi connectivity index (χ0v) is 10.1. The van der Waals surface area contributed by atoms with Gasteiger partial charge in [0.05, 0.1) is 16.1 Å². The molecule has 0 aliphatic rings. The number of nitrogens with two attached hydrogens (primary N) is 1. The molecule has 0 aromatic heterocycles. The van der Waals surface area contributed by atoms with Crippen LogP contribution in [0.2, 0.25) is 0 Å². The summed E-state index contributed by atoms with van der Waals surface area (Å²) < 4.78 is 26.5. The second kappa shape index (κ2) is 4.96. The van der Waals surface area contributed by atoms with Crippen molar-refractivity contribution >= 4 is 15.9 Å². The lowest BCUT2D eigenvalue weighted by Gasteiger charge is -2.22. The minimum absolute atomic E-state index is 0.0777. The van der Waals surface area contributed by atoms with Gasteiger partial charge in [-0.15, -0.1) is 0 Å². The van der Waals surface area contributed by atoms with Crippen molar-refractivity contribution in [1.82, 2.24) is 0 Å². The largest absolute Gasteiger partial charge is 0.506 e. The van der Waals surface area contributed by atoms with Crippen molar-refractivity contribution in [3.63, 3.8) is 0 Å². The highest BCUT2D eigenvalue weighted by molar-refractivity contribution is 9.10. The summed E-state index contributed by atoms with van der Waals surface area (Å²) >= 11 is 2.93. The maximum atomic E-state index is 13.2. The molecule has 0 aliphatic heterocycles. The fourth-order valence-corrected chi connectivity index (χ4v) is 1.72. The molecule has 1 aromatic rings. The molecule has 0 saturated heterocycles. The minimum atomic E-state index is -3.58. The molecule has 0 radical (unpaired) electrons. The lowest BCUT2D eigenvalue weighted by molar-refractivity contribution is -0.0716. The molecule has 0 saturated carbocycles. The number of hydrogen-bond acceptors (Lipinski definition) is 4. The zero-order valence-electron chi connectivity index (χ0n) is 8.49. The number of alkyl halides is 2. The van der Waals surface area contributed by atoms with Gasteiger partial charge in [0.2, 0.25) is 0 Å².